The number of nitrogens with two attached hydrogens (primary N) is 1. The lowest BCUT2D eigenvalue weighted by Crippen LogP contribution is -2.19. The number of anilines is 2. The third-order valence-corrected chi connectivity index (χ3v) is 3.01. The SMILES string of the molecule is CCN(c1ccc(C)cc1)c1cccnc1CN. The van der Waals surface area contributed by atoms with E-state index >= 15 is 0 Å². The van der Waals surface area contributed by atoms with Gasteiger partial charge in [0, 0.05) is 25.0 Å². The van der Waals surface area contributed by atoms with Crippen LogP contribution in [0, 0.1) is 6.92 Å². The highest BCUT2D eigenvalue weighted by Crippen LogP contribution is 2.27. The normalized spacial score (nSPS) is 10.4. The molecule has 0 fully saturated rings. The van der Waals surface area contributed by atoms with Crippen LogP contribution >= 0.6 is 0 Å². The Morgan fingerprint density at radius 2 is 1.89 bits per heavy atom. The van der Waals surface area contributed by atoms with E-state index < -0.39 is 0 Å². The number of rotatable bonds is 4. The van der Waals surface area contributed by atoms with Crippen molar-refractivity contribution < 1.29 is 0 Å². The van der Waals surface area contributed by atoms with Crippen LogP contribution in [0.5, 0.6) is 0 Å². The standard InChI is InChI=1S/C15H19N3/c1-3-18(13-8-6-12(2)7-9-13)15-5-4-10-17-14(15)11-16/h4-10H,3,11,16H2,1-2H3. The summed E-state index contributed by atoms with van der Waals surface area (Å²) < 4.78 is 0. The van der Waals surface area contributed by atoms with Gasteiger partial charge in [-0.05, 0) is 38.1 Å². The van der Waals surface area contributed by atoms with E-state index in [0.29, 0.717) is 6.54 Å². The molecule has 3 heteroatoms. The van der Waals surface area contributed by atoms with Crippen molar-refractivity contribution in [2.24, 2.45) is 5.73 Å². The van der Waals surface area contributed by atoms with Crippen LogP contribution in [0.1, 0.15) is 18.2 Å². The van der Waals surface area contributed by atoms with Gasteiger partial charge in [-0.2, -0.15) is 0 Å². The molecule has 0 amide bonds. The largest absolute Gasteiger partial charge is 0.340 e. The topological polar surface area (TPSA) is 42.2 Å². The lowest BCUT2D eigenvalue weighted by molar-refractivity contribution is 0.940. The van der Waals surface area contributed by atoms with Crippen molar-refractivity contribution in [1.29, 1.82) is 0 Å². The van der Waals surface area contributed by atoms with E-state index in [0.717, 1.165) is 17.9 Å². The smallest absolute Gasteiger partial charge is 0.0775 e. The minimum absolute atomic E-state index is 0.457. The van der Waals surface area contributed by atoms with E-state index in [9.17, 15) is 0 Å². The van der Waals surface area contributed by atoms with Gasteiger partial charge >= 0.3 is 0 Å². The summed E-state index contributed by atoms with van der Waals surface area (Å²) in [6.07, 6.45) is 1.79. The average molecular weight is 241 g/mol. The van der Waals surface area contributed by atoms with Gasteiger partial charge in [-0.15, -0.1) is 0 Å². The van der Waals surface area contributed by atoms with E-state index in [1.807, 2.05) is 6.07 Å². The number of aryl methyl sites for hydroxylation is 1. The molecule has 2 N–H and O–H groups in total. The van der Waals surface area contributed by atoms with Gasteiger partial charge in [-0.1, -0.05) is 17.7 Å². The summed E-state index contributed by atoms with van der Waals surface area (Å²) in [5.41, 5.74) is 10.2. The van der Waals surface area contributed by atoms with Crippen molar-refractivity contribution in [2.45, 2.75) is 20.4 Å². The molecule has 1 aromatic heterocycles. The zero-order chi connectivity index (χ0) is 13.0. The van der Waals surface area contributed by atoms with E-state index in [1.54, 1.807) is 6.20 Å². The molecule has 0 aliphatic rings. The van der Waals surface area contributed by atoms with Gasteiger partial charge in [0.15, 0.2) is 0 Å². The molecule has 0 atom stereocenters. The molecule has 0 spiro atoms. The highest BCUT2D eigenvalue weighted by molar-refractivity contribution is 5.65. The third kappa shape index (κ3) is 2.51. The monoisotopic (exact) mass is 241 g/mol. The molecular weight excluding hydrogens is 222 g/mol. The number of benzene rings is 1. The Labute approximate surface area is 108 Å². The second-order valence-electron chi connectivity index (χ2n) is 4.25. The van der Waals surface area contributed by atoms with Crippen LogP contribution in [-0.4, -0.2) is 11.5 Å². The fourth-order valence-electron chi connectivity index (χ4n) is 2.05. The van der Waals surface area contributed by atoms with Crippen LogP contribution in [0.15, 0.2) is 42.6 Å². The number of aromatic nitrogens is 1. The minimum atomic E-state index is 0.457. The molecule has 0 unspecified atom stereocenters. The molecule has 18 heavy (non-hydrogen) atoms. The van der Waals surface area contributed by atoms with Crippen molar-refractivity contribution in [3.8, 4) is 0 Å². The molecule has 1 aromatic carbocycles. The van der Waals surface area contributed by atoms with Crippen LogP contribution in [0.25, 0.3) is 0 Å². The van der Waals surface area contributed by atoms with Crippen molar-refractivity contribution >= 4 is 11.4 Å². The minimum Gasteiger partial charge on any atom is -0.340 e. The molecule has 0 aliphatic heterocycles. The van der Waals surface area contributed by atoms with Crippen LogP contribution in [0.3, 0.4) is 0 Å². The summed E-state index contributed by atoms with van der Waals surface area (Å²) in [6.45, 7) is 5.57. The molecule has 0 radical (unpaired) electrons. The number of hydrogen-bond donors (Lipinski definition) is 1. The fourth-order valence-corrected chi connectivity index (χ4v) is 2.05. The highest BCUT2D eigenvalue weighted by atomic mass is 15.1. The molecule has 0 saturated carbocycles. The van der Waals surface area contributed by atoms with Gasteiger partial charge in [0.1, 0.15) is 0 Å². The first-order valence-electron chi connectivity index (χ1n) is 6.24. The van der Waals surface area contributed by atoms with E-state index in [4.69, 9.17) is 5.73 Å². The Hall–Kier alpha value is -1.87. The average Bonchev–Trinajstić information content (AvgIpc) is 2.42. The predicted octanol–water partition coefficient (Wildman–Crippen LogP) is 3.01. The molecular formula is C15H19N3. The Bertz CT molecular complexity index is 505. The van der Waals surface area contributed by atoms with Crippen LogP contribution < -0.4 is 10.6 Å². The van der Waals surface area contributed by atoms with Gasteiger partial charge in [0.2, 0.25) is 0 Å². The zero-order valence-corrected chi connectivity index (χ0v) is 10.9. The summed E-state index contributed by atoms with van der Waals surface area (Å²) >= 11 is 0. The highest BCUT2D eigenvalue weighted by Gasteiger charge is 2.11. The second-order valence-corrected chi connectivity index (χ2v) is 4.25. The summed E-state index contributed by atoms with van der Waals surface area (Å²) in [7, 11) is 0. The van der Waals surface area contributed by atoms with Crippen LogP contribution in [0.2, 0.25) is 0 Å². The maximum absolute atomic E-state index is 5.76. The van der Waals surface area contributed by atoms with Gasteiger partial charge in [0.25, 0.3) is 0 Å². The first-order valence-corrected chi connectivity index (χ1v) is 6.24. The molecule has 3 nitrogen and oxygen atoms in total. The fraction of sp³-hybridized carbons (Fsp3) is 0.267. The number of nitrogens with zero attached hydrogens (tertiary/aromatic N) is 2. The van der Waals surface area contributed by atoms with Crippen LogP contribution in [-0.2, 0) is 6.54 Å². The number of hydrogen-bond acceptors (Lipinski definition) is 3. The van der Waals surface area contributed by atoms with Gasteiger partial charge in [-0.3, -0.25) is 4.98 Å². The Balaban J connectivity index is 2.41. The van der Waals surface area contributed by atoms with Gasteiger partial charge in [-0.25, -0.2) is 0 Å². The lowest BCUT2D eigenvalue weighted by Gasteiger charge is -2.25. The first kappa shape index (κ1) is 12.6. The summed E-state index contributed by atoms with van der Waals surface area (Å²) in [5, 5.41) is 0. The number of pyridine rings is 1. The molecule has 2 rings (SSSR count). The van der Waals surface area contributed by atoms with Crippen molar-refractivity contribution in [3.05, 3.63) is 53.9 Å². The van der Waals surface area contributed by atoms with Crippen molar-refractivity contribution in [2.75, 3.05) is 11.4 Å². The Morgan fingerprint density at radius 3 is 2.50 bits per heavy atom. The predicted molar refractivity (Wildman–Crippen MR) is 76.0 cm³/mol. The molecule has 1 heterocycles. The zero-order valence-electron chi connectivity index (χ0n) is 10.9. The second kappa shape index (κ2) is 5.65. The van der Waals surface area contributed by atoms with Gasteiger partial charge in [0.05, 0.1) is 11.4 Å². The quantitative estimate of drug-likeness (QED) is 0.894. The Morgan fingerprint density at radius 1 is 1.17 bits per heavy atom. The van der Waals surface area contributed by atoms with Gasteiger partial charge < -0.3 is 10.6 Å². The summed E-state index contributed by atoms with van der Waals surface area (Å²) in [4.78, 5) is 6.57. The molecule has 0 aliphatic carbocycles. The van der Waals surface area contributed by atoms with Crippen LogP contribution in [0.4, 0.5) is 11.4 Å². The Kier molecular flexibility index (Phi) is 3.95. The van der Waals surface area contributed by atoms with E-state index in [-0.39, 0.29) is 0 Å². The maximum atomic E-state index is 5.76. The molecule has 0 saturated heterocycles. The maximum Gasteiger partial charge on any atom is 0.0775 e. The van der Waals surface area contributed by atoms with E-state index in [2.05, 4.69) is 54.1 Å². The third-order valence-electron chi connectivity index (χ3n) is 3.01. The molecule has 94 valence electrons. The lowest BCUT2D eigenvalue weighted by atomic mass is 10.2. The molecule has 2 aromatic rings. The van der Waals surface area contributed by atoms with Crippen molar-refractivity contribution in [1.82, 2.24) is 4.98 Å². The first-order chi connectivity index (χ1) is 8.76. The summed E-state index contributed by atoms with van der Waals surface area (Å²) in [5.74, 6) is 0. The van der Waals surface area contributed by atoms with E-state index in [1.165, 1.54) is 11.3 Å². The molecule has 0 bridgehead atoms. The van der Waals surface area contributed by atoms with Crippen molar-refractivity contribution in [3.63, 3.8) is 0 Å². The summed E-state index contributed by atoms with van der Waals surface area (Å²) in [6, 6.07) is 12.5.